The van der Waals surface area contributed by atoms with Gasteiger partial charge in [0.05, 0.1) is 0 Å². The van der Waals surface area contributed by atoms with Gasteiger partial charge < -0.3 is 5.32 Å². The summed E-state index contributed by atoms with van der Waals surface area (Å²) in [7, 11) is 0. The third-order valence-electron chi connectivity index (χ3n) is 3.15. The SMILES string of the molecule is CCc1ccc2c(c1)N[C@H](C)[C@@H]2C. The van der Waals surface area contributed by atoms with Gasteiger partial charge in [0.1, 0.15) is 0 Å². The molecule has 1 nitrogen and oxygen atoms in total. The predicted molar refractivity (Wildman–Crippen MR) is 57.3 cm³/mol. The predicted octanol–water partition coefficient (Wildman–Crippen LogP) is 3.17. The Morgan fingerprint density at radius 2 is 2.08 bits per heavy atom. The summed E-state index contributed by atoms with van der Waals surface area (Å²) in [6.45, 7) is 6.73. The summed E-state index contributed by atoms with van der Waals surface area (Å²) in [6.07, 6.45) is 1.12. The van der Waals surface area contributed by atoms with E-state index in [9.17, 15) is 0 Å². The number of hydrogen-bond acceptors (Lipinski definition) is 1. The first-order valence-corrected chi connectivity index (χ1v) is 5.11. The van der Waals surface area contributed by atoms with Gasteiger partial charge in [0.15, 0.2) is 0 Å². The molecule has 1 heteroatoms. The van der Waals surface area contributed by atoms with Crippen LogP contribution in [0, 0.1) is 0 Å². The van der Waals surface area contributed by atoms with Crippen LogP contribution in [0.4, 0.5) is 5.69 Å². The van der Waals surface area contributed by atoms with E-state index in [1.54, 1.807) is 0 Å². The Morgan fingerprint density at radius 3 is 2.77 bits per heavy atom. The molecule has 1 aromatic rings. The molecule has 0 radical (unpaired) electrons. The van der Waals surface area contributed by atoms with E-state index >= 15 is 0 Å². The lowest BCUT2D eigenvalue weighted by atomic mass is 9.97. The average molecular weight is 175 g/mol. The van der Waals surface area contributed by atoms with Gasteiger partial charge in [-0.1, -0.05) is 26.0 Å². The van der Waals surface area contributed by atoms with E-state index in [1.807, 2.05) is 0 Å². The number of benzene rings is 1. The van der Waals surface area contributed by atoms with Crippen molar-refractivity contribution in [1.29, 1.82) is 0 Å². The number of fused-ring (bicyclic) bond motifs is 1. The van der Waals surface area contributed by atoms with Crippen LogP contribution in [0.15, 0.2) is 18.2 Å². The average Bonchev–Trinajstić information content (AvgIpc) is 2.42. The van der Waals surface area contributed by atoms with Gasteiger partial charge in [0, 0.05) is 17.6 Å². The van der Waals surface area contributed by atoms with Crippen LogP contribution < -0.4 is 5.32 Å². The lowest BCUT2D eigenvalue weighted by Crippen LogP contribution is -2.12. The second kappa shape index (κ2) is 3.06. The van der Waals surface area contributed by atoms with Gasteiger partial charge in [-0.25, -0.2) is 0 Å². The molecule has 2 rings (SSSR count). The van der Waals surface area contributed by atoms with Crippen LogP contribution >= 0.6 is 0 Å². The minimum absolute atomic E-state index is 0.585. The lowest BCUT2D eigenvalue weighted by molar-refractivity contribution is 0.690. The van der Waals surface area contributed by atoms with E-state index in [2.05, 4.69) is 44.3 Å². The minimum Gasteiger partial charge on any atom is -0.382 e. The molecule has 1 aromatic carbocycles. The molecule has 2 atom stereocenters. The highest BCUT2D eigenvalue weighted by atomic mass is 15.0. The largest absolute Gasteiger partial charge is 0.382 e. The monoisotopic (exact) mass is 175 g/mol. The highest BCUT2D eigenvalue weighted by Crippen LogP contribution is 2.35. The molecule has 0 spiro atoms. The zero-order valence-electron chi connectivity index (χ0n) is 8.59. The van der Waals surface area contributed by atoms with Crippen LogP contribution in [0.25, 0.3) is 0 Å². The standard InChI is InChI=1S/C12H17N/c1-4-10-5-6-11-8(2)9(3)13-12(11)7-10/h5-9,13H,4H2,1-3H3/t8-,9+/m0/s1. The number of hydrogen-bond donors (Lipinski definition) is 1. The summed E-state index contributed by atoms with van der Waals surface area (Å²) in [6, 6.07) is 7.39. The van der Waals surface area contributed by atoms with Crippen molar-refractivity contribution in [2.24, 2.45) is 0 Å². The molecule has 1 heterocycles. The maximum atomic E-state index is 3.52. The van der Waals surface area contributed by atoms with Crippen molar-refractivity contribution < 1.29 is 0 Å². The van der Waals surface area contributed by atoms with Crippen molar-refractivity contribution in [3.8, 4) is 0 Å². The Kier molecular flexibility index (Phi) is 2.03. The molecule has 70 valence electrons. The van der Waals surface area contributed by atoms with Crippen LogP contribution in [0.1, 0.15) is 37.8 Å². The van der Waals surface area contributed by atoms with Crippen LogP contribution in [0.5, 0.6) is 0 Å². The van der Waals surface area contributed by atoms with E-state index in [0.29, 0.717) is 12.0 Å². The summed E-state index contributed by atoms with van der Waals surface area (Å²) in [5.41, 5.74) is 4.25. The van der Waals surface area contributed by atoms with Crippen LogP contribution in [0.2, 0.25) is 0 Å². The van der Waals surface area contributed by atoms with Crippen molar-refractivity contribution in [1.82, 2.24) is 0 Å². The molecule has 0 saturated carbocycles. The Balaban J connectivity index is 2.40. The minimum atomic E-state index is 0.585. The van der Waals surface area contributed by atoms with Gasteiger partial charge in [0.25, 0.3) is 0 Å². The van der Waals surface area contributed by atoms with Gasteiger partial charge in [-0.05, 0) is 30.5 Å². The molecule has 0 unspecified atom stereocenters. The quantitative estimate of drug-likeness (QED) is 0.691. The first-order chi connectivity index (χ1) is 6.22. The third kappa shape index (κ3) is 1.32. The van der Waals surface area contributed by atoms with Crippen LogP contribution in [0.3, 0.4) is 0 Å². The summed E-state index contributed by atoms with van der Waals surface area (Å²) in [5.74, 6) is 0.654. The number of rotatable bonds is 1. The Labute approximate surface area is 80.2 Å². The maximum absolute atomic E-state index is 3.52. The topological polar surface area (TPSA) is 12.0 Å². The van der Waals surface area contributed by atoms with E-state index < -0.39 is 0 Å². The van der Waals surface area contributed by atoms with Gasteiger partial charge in [-0.3, -0.25) is 0 Å². The summed E-state index contributed by atoms with van der Waals surface area (Å²) in [4.78, 5) is 0. The zero-order valence-corrected chi connectivity index (χ0v) is 8.59. The Bertz CT molecular complexity index is 317. The first kappa shape index (κ1) is 8.61. The molecular formula is C12H17N. The van der Waals surface area contributed by atoms with Gasteiger partial charge in [0.2, 0.25) is 0 Å². The third-order valence-corrected chi connectivity index (χ3v) is 3.15. The second-order valence-corrected chi connectivity index (χ2v) is 4.00. The molecule has 13 heavy (non-hydrogen) atoms. The molecule has 0 fully saturated rings. The van der Waals surface area contributed by atoms with Crippen molar-refractivity contribution in [3.63, 3.8) is 0 Å². The van der Waals surface area contributed by atoms with Gasteiger partial charge in [-0.2, -0.15) is 0 Å². The molecular weight excluding hydrogens is 158 g/mol. The number of anilines is 1. The van der Waals surface area contributed by atoms with Crippen molar-refractivity contribution >= 4 is 5.69 Å². The smallest absolute Gasteiger partial charge is 0.0381 e. The number of nitrogens with one attached hydrogen (secondary N) is 1. The summed E-state index contributed by atoms with van der Waals surface area (Å²) in [5, 5.41) is 3.52. The summed E-state index contributed by atoms with van der Waals surface area (Å²) < 4.78 is 0. The molecule has 0 saturated heterocycles. The molecule has 1 N–H and O–H groups in total. The molecule has 0 aromatic heterocycles. The highest BCUT2D eigenvalue weighted by Gasteiger charge is 2.24. The Morgan fingerprint density at radius 1 is 1.31 bits per heavy atom. The van der Waals surface area contributed by atoms with E-state index in [0.717, 1.165) is 6.42 Å². The van der Waals surface area contributed by atoms with E-state index in [1.165, 1.54) is 16.8 Å². The van der Waals surface area contributed by atoms with E-state index in [4.69, 9.17) is 0 Å². The summed E-state index contributed by atoms with van der Waals surface area (Å²) >= 11 is 0. The van der Waals surface area contributed by atoms with Gasteiger partial charge >= 0.3 is 0 Å². The van der Waals surface area contributed by atoms with Gasteiger partial charge in [-0.15, -0.1) is 0 Å². The molecule has 1 aliphatic rings. The van der Waals surface area contributed by atoms with Crippen LogP contribution in [-0.4, -0.2) is 6.04 Å². The second-order valence-electron chi connectivity index (χ2n) is 4.00. The fourth-order valence-corrected chi connectivity index (χ4v) is 1.99. The highest BCUT2D eigenvalue weighted by molar-refractivity contribution is 5.60. The van der Waals surface area contributed by atoms with E-state index in [-0.39, 0.29) is 0 Å². The van der Waals surface area contributed by atoms with Crippen molar-refractivity contribution in [3.05, 3.63) is 29.3 Å². The Hall–Kier alpha value is -0.980. The fraction of sp³-hybridized carbons (Fsp3) is 0.500. The molecule has 0 bridgehead atoms. The van der Waals surface area contributed by atoms with Crippen molar-refractivity contribution in [2.45, 2.75) is 39.2 Å². The normalized spacial score (nSPS) is 25.5. The van der Waals surface area contributed by atoms with Crippen molar-refractivity contribution in [2.75, 3.05) is 5.32 Å². The molecule has 0 amide bonds. The molecule has 0 aliphatic carbocycles. The lowest BCUT2D eigenvalue weighted by Gasteiger charge is -2.08. The number of aryl methyl sites for hydroxylation is 1. The fourth-order valence-electron chi connectivity index (χ4n) is 1.99. The maximum Gasteiger partial charge on any atom is 0.0381 e. The van der Waals surface area contributed by atoms with Crippen LogP contribution in [-0.2, 0) is 6.42 Å². The molecule has 1 aliphatic heterocycles. The zero-order chi connectivity index (χ0) is 9.42. The first-order valence-electron chi connectivity index (χ1n) is 5.11.